The molecule has 1 aromatic rings. The summed E-state index contributed by atoms with van der Waals surface area (Å²) in [7, 11) is 1.45. The Balaban J connectivity index is 2.11. The molecule has 98 valence electrons. The Kier molecular flexibility index (Phi) is 4.11. The van der Waals surface area contributed by atoms with Crippen molar-refractivity contribution in [3.63, 3.8) is 0 Å². The molecule has 1 fully saturated rings. The van der Waals surface area contributed by atoms with Crippen LogP contribution in [0.15, 0.2) is 18.2 Å². The van der Waals surface area contributed by atoms with Crippen LogP contribution in [-0.2, 0) is 11.3 Å². The number of rotatable bonds is 4. The fourth-order valence-electron chi connectivity index (χ4n) is 1.99. The molecule has 18 heavy (non-hydrogen) atoms. The maximum absolute atomic E-state index is 10.8. The second-order valence-electron chi connectivity index (χ2n) is 4.15. The molecule has 1 aliphatic rings. The van der Waals surface area contributed by atoms with E-state index in [2.05, 4.69) is 4.90 Å². The van der Waals surface area contributed by atoms with Crippen LogP contribution in [0.4, 0.5) is 5.69 Å². The van der Waals surface area contributed by atoms with E-state index in [4.69, 9.17) is 9.47 Å². The second-order valence-corrected chi connectivity index (χ2v) is 4.15. The third-order valence-electron chi connectivity index (χ3n) is 2.95. The highest BCUT2D eigenvalue weighted by Crippen LogP contribution is 2.28. The number of nitro benzene ring substituents is 1. The van der Waals surface area contributed by atoms with E-state index in [1.54, 1.807) is 12.1 Å². The van der Waals surface area contributed by atoms with Gasteiger partial charge in [0, 0.05) is 25.7 Å². The Bertz CT molecular complexity index is 430. The lowest BCUT2D eigenvalue weighted by atomic mass is 10.1. The minimum atomic E-state index is -0.433. The Hall–Kier alpha value is -1.66. The molecule has 6 heteroatoms. The van der Waals surface area contributed by atoms with Gasteiger partial charge in [-0.25, -0.2) is 0 Å². The van der Waals surface area contributed by atoms with E-state index < -0.39 is 4.92 Å². The van der Waals surface area contributed by atoms with E-state index in [0.29, 0.717) is 5.75 Å². The zero-order valence-electron chi connectivity index (χ0n) is 10.3. The Morgan fingerprint density at radius 2 is 2.17 bits per heavy atom. The maximum atomic E-state index is 10.8. The van der Waals surface area contributed by atoms with Gasteiger partial charge in [-0.15, -0.1) is 0 Å². The van der Waals surface area contributed by atoms with Crippen LogP contribution in [-0.4, -0.2) is 43.2 Å². The van der Waals surface area contributed by atoms with Crippen molar-refractivity contribution in [1.82, 2.24) is 4.90 Å². The van der Waals surface area contributed by atoms with Gasteiger partial charge in [0.15, 0.2) is 5.75 Å². The van der Waals surface area contributed by atoms with Crippen molar-refractivity contribution in [2.75, 3.05) is 33.4 Å². The lowest BCUT2D eigenvalue weighted by Crippen LogP contribution is -2.35. The number of hydrogen-bond donors (Lipinski definition) is 0. The van der Waals surface area contributed by atoms with Gasteiger partial charge in [0.2, 0.25) is 0 Å². The summed E-state index contributed by atoms with van der Waals surface area (Å²) in [5, 5.41) is 10.8. The Morgan fingerprint density at radius 3 is 2.78 bits per heavy atom. The first kappa shape index (κ1) is 12.8. The van der Waals surface area contributed by atoms with Crippen LogP contribution in [0.5, 0.6) is 5.75 Å². The molecule has 0 radical (unpaired) electrons. The Labute approximate surface area is 105 Å². The number of ether oxygens (including phenoxy) is 2. The molecule has 0 bridgehead atoms. The van der Waals surface area contributed by atoms with Crippen LogP contribution in [0.1, 0.15) is 5.56 Å². The molecule has 1 heterocycles. The van der Waals surface area contributed by atoms with Crippen LogP contribution >= 0.6 is 0 Å². The van der Waals surface area contributed by atoms with Gasteiger partial charge in [-0.2, -0.15) is 0 Å². The molecule has 0 aromatic heterocycles. The van der Waals surface area contributed by atoms with Gasteiger partial charge in [-0.1, -0.05) is 6.07 Å². The van der Waals surface area contributed by atoms with E-state index in [-0.39, 0.29) is 5.69 Å². The number of morpholine rings is 1. The van der Waals surface area contributed by atoms with Gasteiger partial charge in [-0.3, -0.25) is 15.0 Å². The summed E-state index contributed by atoms with van der Waals surface area (Å²) in [5.41, 5.74) is 1.02. The lowest BCUT2D eigenvalue weighted by Gasteiger charge is -2.26. The van der Waals surface area contributed by atoms with Crippen LogP contribution in [0.3, 0.4) is 0 Å². The van der Waals surface area contributed by atoms with Gasteiger partial charge in [0.05, 0.1) is 25.2 Å². The summed E-state index contributed by atoms with van der Waals surface area (Å²) in [4.78, 5) is 12.6. The van der Waals surface area contributed by atoms with Crippen molar-refractivity contribution in [3.05, 3.63) is 33.9 Å². The number of methoxy groups -OCH3 is 1. The molecule has 1 aliphatic heterocycles. The summed E-state index contributed by atoms with van der Waals surface area (Å²) in [5.74, 6) is 0.311. The standard InChI is InChI=1S/C12H16N2O4/c1-17-12-8-10(2-3-11(12)14(15)16)9-13-4-6-18-7-5-13/h2-3,8H,4-7,9H2,1H3. The summed E-state index contributed by atoms with van der Waals surface area (Å²) >= 11 is 0. The quantitative estimate of drug-likeness (QED) is 0.599. The number of hydrogen-bond acceptors (Lipinski definition) is 5. The molecule has 6 nitrogen and oxygen atoms in total. The van der Waals surface area contributed by atoms with Gasteiger partial charge in [0.25, 0.3) is 0 Å². The minimum absolute atomic E-state index is 0.00299. The molecule has 0 saturated carbocycles. The van der Waals surface area contributed by atoms with Gasteiger partial charge in [0.1, 0.15) is 0 Å². The zero-order chi connectivity index (χ0) is 13.0. The third kappa shape index (κ3) is 2.96. The van der Waals surface area contributed by atoms with E-state index >= 15 is 0 Å². The first-order chi connectivity index (χ1) is 8.70. The van der Waals surface area contributed by atoms with Crippen LogP contribution < -0.4 is 4.74 Å². The van der Waals surface area contributed by atoms with Crippen molar-refractivity contribution in [3.8, 4) is 5.75 Å². The normalized spacial score (nSPS) is 16.5. The largest absolute Gasteiger partial charge is 0.490 e. The van der Waals surface area contributed by atoms with E-state index in [9.17, 15) is 10.1 Å². The summed E-state index contributed by atoms with van der Waals surface area (Å²) < 4.78 is 10.3. The fourth-order valence-corrected chi connectivity index (χ4v) is 1.99. The van der Waals surface area contributed by atoms with E-state index in [0.717, 1.165) is 38.4 Å². The number of benzene rings is 1. The Morgan fingerprint density at radius 1 is 1.44 bits per heavy atom. The van der Waals surface area contributed by atoms with Crippen molar-refractivity contribution in [1.29, 1.82) is 0 Å². The van der Waals surface area contributed by atoms with Crippen molar-refractivity contribution < 1.29 is 14.4 Å². The molecular formula is C12H16N2O4. The summed E-state index contributed by atoms with van der Waals surface area (Å²) in [6, 6.07) is 5.00. The predicted octanol–water partition coefficient (Wildman–Crippen LogP) is 1.44. The molecule has 1 saturated heterocycles. The van der Waals surface area contributed by atoms with E-state index in [1.807, 2.05) is 0 Å². The first-order valence-corrected chi connectivity index (χ1v) is 5.82. The van der Waals surface area contributed by atoms with Crippen molar-refractivity contribution in [2.45, 2.75) is 6.54 Å². The molecular weight excluding hydrogens is 236 g/mol. The first-order valence-electron chi connectivity index (χ1n) is 5.82. The van der Waals surface area contributed by atoms with Crippen molar-refractivity contribution >= 4 is 5.69 Å². The molecule has 0 spiro atoms. The summed E-state index contributed by atoms with van der Waals surface area (Å²) in [6.07, 6.45) is 0. The van der Waals surface area contributed by atoms with Crippen molar-refractivity contribution in [2.24, 2.45) is 0 Å². The van der Waals surface area contributed by atoms with Crippen LogP contribution in [0, 0.1) is 10.1 Å². The molecule has 0 aliphatic carbocycles. The molecule has 0 atom stereocenters. The third-order valence-corrected chi connectivity index (χ3v) is 2.95. The molecule has 1 aromatic carbocycles. The topological polar surface area (TPSA) is 64.8 Å². The molecule has 2 rings (SSSR count). The van der Waals surface area contributed by atoms with Gasteiger partial charge < -0.3 is 9.47 Å². The predicted molar refractivity (Wildman–Crippen MR) is 65.7 cm³/mol. The van der Waals surface area contributed by atoms with Gasteiger partial charge in [-0.05, 0) is 11.6 Å². The zero-order valence-corrected chi connectivity index (χ0v) is 10.3. The number of nitro groups is 1. The highest BCUT2D eigenvalue weighted by molar-refractivity contribution is 5.48. The highest BCUT2D eigenvalue weighted by Gasteiger charge is 2.16. The summed E-state index contributed by atoms with van der Waals surface area (Å²) in [6.45, 7) is 4.02. The average Bonchev–Trinajstić information content (AvgIpc) is 2.39. The molecule has 0 amide bonds. The number of nitrogens with zero attached hydrogens (tertiary/aromatic N) is 2. The average molecular weight is 252 g/mol. The smallest absolute Gasteiger partial charge is 0.310 e. The van der Waals surface area contributed by atoms with E-state index in [1.165, 1.54) is 13.2 Å². The minimum Gasteiger partial charge on any atom is -0.490 e. The fraction of sp³-hybridized carbons (Fsp3) is 0.500. The molecule has 0 unspecified atom stereocenters. The molecule has 0 N–H and O–H groups in total. The SMILES string of the molecule is COc1cc(CN2CCOCC2)ccc1[N+](=O)[O-]. The lowest BCUT2D eigenvalue weighted by molar-refractivity contribution is -0.385. The highest BCUT2D eigenvalue weighted by atomic mass is 16.6. The van der Waals surface area contributed by atoms with Gasteiger partial charge >= 0.3 is 5.69 Å². The monoisotopic (exact) mass is 252 g/mol. The maximum Gasteiger partial charge on any atom is 0.310 e. The second kappa shape index (κ2) is 5.79. The van der Waals surface area contributed by atoms with Crippen LogP contribution in [0.25, 0.3) is 0 Å². The van der Waals surface area contributed by atoms with Crippen LogP contribution in [0.2, 0.25) is 0 Å².